The van der Waals surface area contributed by atoms with Crippen LogP contribution in [0.2, 0.25) is 0 Å². The molecule has 5 rings (SSSR count). The number of pyridine rings is 1. The highest BCUT2D eigenvalue weighted by molar-refractivity contribution is 7.26. The van der Waals surface area contributed by atoms with E-state index in [0.717, 1.165) is 66.3 Å². The lowest BCUT2D eigenvalue weighted by Gasteiger charge is -2.31. The molecule has 0 atom stereocenters. The molecule has 3 aromatic heterocycles. The standard InChI is InChI=1S/C23H32N6S/c1-28(2)12-8-11-24-21-20-19(25-15-26-21)18-16-9-4-5-10-17(16)22(27-23(18)30-20)29-13-6-3-7-14-29/h15H,3-14H2,1-2H3,(H,24,25,26). The number of rotatable bonds is 6. The maximum absolute atomic E-state index is 5.25. The van der Waals surface area contributed by atoms with Gasteiger partial charge in [-0.05, 0) is 83.1 Å². The molecule has 0 unspecified atom stereocenters. The number of fused-ring (bicyclic) bond motifs is 5. The van der Waals surface area contributed by atoms with Crippen molar-refractivity contribution in [2.24, 2.45) is 0 Å². The van der Waals surface area contributed by atoms with Gasteiger partial charge in [-0.15, -0.1) is 11.3 Å². The van der Waals surface area contributed by atoms with E-state index in [1.54, 1.807) is 17.7 Å². The maximum Gasteiger partial charge on any atom is 0.147 e. The molecular formula is C23H32N6S. The highest BCUT2D eigenvalue weighted by atomic mass is 32.1. The summed E-state index contributed by atoms with van der Waals surface area (Å²) in [6.07, 6.45) is 11.6. The van der Waals surface area contributed by atoms with Crippen LogP contribution in [-0.4, -0.2) is 60.1 Å². The van der Waals surface area contributed by atoms with Crippen LogP contribution in [0.1, 0.15) is 49.7 Å². The molecule has 1 aliphatic heterocycles. The Hall–Kier alpha value is -1.99. The molecule has 0 bridgehead atoms. The summed E-state index contributed by atoms with van der Waals surface area (Å²) in [7, 11) is 4.23. The molecule has 0 spiro atoms. The summed E-state index contributed by atoms with van der Waals surface area (Å²) in [4.78, 5) is 20.5. The van der Waals surface area contributed by atoms with Gasteiger partial charge in [0.1, 0.15) is 22.8 Å². The van der Waals surface area contributed by atoms with Gasteiger partial charge in [0.15, 0.2) is 0 Å². The van der Waals surface area contributed by atoms with Gasteiger partial charge in [-0.3, -0.25) is 0 Å². The van der Waals surface area contributed by atoms with E-state index < -0.39 is 0 Å². The van der Waals surface area contributed by atoms with Crippen LogP contribution >= 0.6 is 11.3 Å². The SMILES string of the molecule is CN(C)CCCNc1ncnc2c1sc1nc(N3CCCCC3)c3c(c12)CCCC3. The van der Waals surface area contributed by atoms with Crippen LogP contribution in [-0.2, 0) is 12.8 Å². The summed E-state index contributed by atoms with van der Waals surface area (Å²) >= 11 is 1.77. The number of hydrogen-bond donors (Lipinski definition) is 1. The first-order valence-electron chi connectivity index (χ1n) is 11.4. The van der Waals surface area contributed by atoms with Crippen LogP contribution in [0.5, 0.6) is 0 Å². The van der Waals surface area contributed by atoms with E-state index in [1.165, 1.54) is 54.4 Å². The minimum Gasteiger partial charge on any atom is -0.369 e. The number of piperidine rings is 1. The van der Waals surface area contributed by atoms with E-state index in [4.69, 9.17) is 9.97 Å². The largest absolute Gasteiger partial charge is 0.369 e. The monoisotopic (exact) mass is 424 g/mol. The average Bonchev–Trinajstić information content (AvgIpc) is 3.16. The Balaban J connectivity index is 1.58. The van der Waals surface area contributed by atoms with Crippen molar-refractivity contribution in [1.29, 1.82) is 0 Å². The molecule has 0 aromatic carbocycles. The predicted octanol–water partition coefficient (Wildman–Crippen LogP) is 4.47. The van der Waals surface area contributed by atoms with Crippen molar-refractivity contribution >= 4 is 43.4 Å². The molecule has 2 aliphatic rings. The fraction of sp³-hybridized carbons (Fsp3) is 0.609. The minimum absolute atomic E-state index is 0.920. The molecule has 0 radical (unpaired) electrons. The molecule has 1 fully saturated rings. The second-order valence-electron chi connectivity index (χ2n) is 8.91. The lowest BCUT2D eigenvalue weighted by molar-refractivity contribution is 0.405. The smallest absolute Gasteiger partial charge is 0.147 e. The van der Waals surface area contributed by atoms with Crippen molar-refractivity contribution in [3.05, 3.63) is 17.5 Å². The number of nitrogens with one attached hydrogen (secondary N) is 1. The molecule has 160 valence electrons. The molecule has 6 nitrogen and oxygen atoms in total. The fourth-order valence-corrected chi connectivity index (χ4v) is 6.06. The van der Waals surface area contributed by atoms with Crippen LogP contribution in [0, 0.1) is 0 Å². The van der Waals surface area contributed by atoms with Crippen molar-refractivity contribution < 1.29 is 0 Å². The number of nitrogens with zero attached hydrogens (tertiary/aromatic N) is 5. The van der Waals surface area contributed by atoms with E-state index in [0.29, 0.717) is 0 Å². The Bertz CT molecular complexity index is 1040. The Morgan fingerprint density at radius 2 is 1.83 bits per heavy atom. The molecule has 4 heterocycles. The van der Waals surface area contributed by atoms with Gasteiger partial charge < -0.3 is 15.1 Å². The van der Waals surface area contributed by atoms with Gasteiger partial charge in [0.25, 0.3) is 0 Å². The lowest BCUT2D eigenvalue weighted by atomic mass is 9.89. The molecule has 7 heteroatoms. The zero-order chi connectivity index (χ0) is 20.5. The van der Waals surface area contributed by atoms with E-state index in [2.05, 4.69) is 34.2 Å². The highest BCUT2D eigenvalue weighted by Crippen LogP contribution is 2.42. The molecule has 1 aliphatic carbocycles. The Morgan fingerprint density at radius 3 is 2.63 bits per heavy atom. The first-order valence-corrected chi connectivity index (χ1v) is 12.3. The van der Waals surface area contributed by atoms with Crippen molar-refractivity contribution in [2.75, 3.05) is 50.5 Å². The molecule has 30 heavy (non-hydrogen) atoms. The van der Waals surface area contributed by atoms with Crippen molar-refractivity contribution in [3.8, 4) is 0 Å². The molecule has 1 saturated heterocycles. The summed E-state index contributed by atoms with van der Waals surface area (Å²) in [6.45, 7) is 4.29. The third kappa shape index (κ3) is 3.73. The second-order valence-corrected chi connectivity index (χ2v) is 9.91. The Morgan fingerprint density at radius 1 is 1.03 bits per heavy atom. The molecule has 3 aromatic rings. The summed E-state index contributed by atoms with van der Waals surface area (Å²) in [5, 5.41) is 4.85. The van der Waals surface area contributed by atoms with Gasteiger partial charge in [-0.1, -0.05) is 0 Å². The number of hydrogen-bond acceptors (Lipinski definition) is 7. The number of aromatic nitrogens is 3. The van der Waals surface area contributed by atoms with Crippen LogP contribution < -0.4 is 10.2 Å². The van der Waals surface area contributed by atoms with Crippen molar-refractivity contribution in [2.45, 2.75) is 51.4 Å². The molecular weight excluding hydrogens is 392 g/mol. The first-order chi connectivity index (χ1) is 14.7. The average molecular weight is 425 g/mol. The minimum atomic E-state index is 0.920. The van der Waals surface area contributed by atoms with E-state index in [1.807, 2.05) is 0 Å². The zero-order valence-electron chi connectivity index (χ0n) is 18.2. The Labute approximate surface area is 182 Å². The number of thiophene rings is 1. The fourth-order valence-electron chi connectivity index (χ4n) is 4.94. The highest BCUT2D eigenvalue weighted by Gasteiger charge is 2.26. The maximum atomic E-state index is 5.25. The Kier molecular flexibility index (Phi) is 5.74. The second kappa shape index (κ2) is 8.63. The van der Waals surface area contributed by atoms with Crippen LogP contribution in [0.3, 0.4) is 0 Å². The van der Waals surface area contributed by atoms with Gasteiger partial charge >= 0.3 is 0 Å². The van der Waals surface area contributed by atoms with Crippen LogP contribution in [0.25, 0.3) is 20.4 Å². The van der Waals surface area contributed by atoms with E-state index in [9.17, 15) is 0 Å². The lowest BCUT2D eigenvalue weighted by Crippen LogP contribution is -2.31. The normalized spacial score (nSPS) is 17.1. The first kappa shape index (κ1) is 19.9. The van der Waals surface area contributed by atoms with Gasteiger partial charge in [0.2, 0.25) is 0 Å². The third-order valence-electron chi connectivity index (χ3n) is 6.43. The molecule has 0 saturated carbocycles. The number of aryl methyl sites for hydroxylation is 1. The number of anilines is 2. The van der Waals surface area contributed by atoms with Crippen LogP contribution in [0.15, 0.2) is 6.33 Å². The topological polar surface area (TPSA) is 57.2 Å². The predicted molar refractivity (Wildman–Crippen MR) is 127 cm³/mol. The summed E-state index contributed by atoms with van der Waals surface area (Å²) < 4.78 is 1.16. The molecule has 1 N–H and O–H groups in total. The summed E-state index contributed by atoms with van der Waals surface area (Å²) in [5.74, 6) is 2.22. The van der Waals surface area contributed by atoms with E-state index in [-0.39, 0.29) is 0 Å². The van der Waals surface area contributed by atoms with Gasteiger partial charge in [0, 0.05) is 25.0 Å². The summed E-state index contributed by atoms with van der Waals surface area (Å²) in [6, 6.07) is 0. The van der Waals surface area contributed by atoms with Crippen molar-refractivity contribution in [1.82, 2.24) is 19.9 Å². The van der Waals surface area contributed by atoms with Gasteiger partial charge in [-0.2, -0.15) is 0 Å². The van der Waals surface area contributed by atoms with Gasteiger partial charge in [-0.25, -0.2) is 15.0 Å². The molecule has 0 amide bonds. The summed E-state index contributed by atoms with van der Waals surface area (Å²) in [5.41, 5.74) is 4.10. The quantitative estimate of drug-likeness (QED) is 0.589. The zero-order valence-corrected chi connectivity index (χ0v) is 19.0. The van der Waals surface area contributed by atoms with Crippen molar-refractivity contribution in [3.63, 3.8) is 0 Å². The third-order valence-corrected chi connectivity index (χ3v) is 7.51. The van der Waals surface area contributed by atoms with Gasteiger partial charge in [0.05, 0.1) is 10.2 Å². The van der Waals surface area contributed by atoms with Crippen LogP contribution in [0.4, 0.5) is 11.6 Å². The van der Waals surface area contributed by atoms with E-state index >= 15 is 0 Å².